The van der Waals surface area contributed by atoms with E-state index in [9.17, 15) is 4.39 Å². The lowest BCUT2D eigenvalue weighted by Gasteiger charge is -2.16. The Bertz CT molecular complexity index is 485. The molecule has 2 nitrogen and oxygen atoms in total. The van der Waals surface area contributed by atoms with E-state index >= 15 is 0 Å². The minimum Gasteiger partial charge on any atom is -0.271 e. The number of benzene rings is 1. The summed E-state index contributed by atoms with van der Waals surface area (Å²) >= 11 is 1.78. The van der Waals surface area contributed by atoms with Gasteiger partial charge in [0.2, 0.25) is 0 Å². The Kier molecular flexibility index (Phi) is 5.51. The van der Waals surface area contributed by atoms with Gasteiger partial charge in [0, 0.05) is 10.9 Å². The predicted molar refractivity (Wildman–Crippen MR) is 78.5 cm³/mol. The highest BCUT2D eigenvalue weighted by Gasteiger charge is 2.10. The highest BCUT2D eigenvalue weighted by Crippen LogP contribution is 2.15. The fourth-order valence-electron chi connectivity index (χ4n) is 2.15. The Balaban J connectivity index is 1.82. The van der Waals surface area contributed by atoms with Gasteiger partial charge in [-0.15, -0.1) is 11.3 Å². The van der Waals surface area contributed by atoms with Crippen LogP contribution in [0.25, 0.3) is 0 Å². The molecule has 0 saturated heterocycles. The van der Waals surface area contributed by atoms with Crippen LogP contribution in [-0.4, -0.2) is 6.04 Å². The summed E-state index contributed by atoms with van der Waals surface area (Å²) in [7, 11) is 0. The van der Waals surface area contributed by atoms with Crippen molar-refractivity contribution >= 4 is 11.3 Å². The molecule has 1 heterocycles. The number of hydrazine groups is 1. The van der Waals surface area contributed by atoms with Gasteiger partial charge in [0.05, 0.1) is 0 Å². The van der Waals surface area contributed by atoms with E-state index in [0.29, 0.717) is 6.42 Å². The second kappa shape index (κ2) is 7.38. The second-order valence-electron chi connectivity index (χ2n) is 4.63. The van der Waals surface area contributed by atoms with Gasteiger partial charge in [-0.3, -0.25) is 11.3 Å². The van der Waals surface area contributed by atoms with Crippen LogP contribution in [0.15, 0.2) is 41.8 Å². The lowest BCUT2D eigenvalue weighted by molar-refractivity contribution is 0.467. The second-order valence-corrected chi connectivity index (χ2v) is 5.66. The van der Waals surface area contributed by atoms with E-state index in [2.05, 4.69) is 22.9 Å². The van der Waals surface area contributed by atoms with Crippen LogP contribution in [0.2, 0.25) is 0 Å². The van der Waals surface area contributed by atoms with Gasteiger partial charge in [0.25, 0.3) is 0 Å². The van der Waals surface area contributed by atoms with Crippen LogP contribution in [0.5, 0.6) is 0 Å². The van der Waals surface area contributed by atoms with E-state index in [1.807, 2.05) is 12.1 Å². The summed E-state index contributed by atoms with van der Waals surface area (Å²) in [5, 5.41) is 2.09. The molecule has 19 heavy (non-hydrogen) atoms. The van der Waals surface area contributed by atoms with Gasteiger partial charge in [-0.2, -0.15) is 0 Å². The van der Waals surface area contributed by atoms with Gasteiger partial charge in [-0.05, 0) is 48.8 Å². The van der Waals surface area contributed by atoms with Crippen molar-refractivity contribution in [1.82, 2.24) is 5.43 Å². The third-order valence-electron chi connectivity index (χ3n) is 3.22. The van der Waals surface area contributed by atoms with Crippen molar-refractivity contribution in [2.45, 2.75) is 31.7 Å². The Morgan fingerprint density at radius 1 is 1.21 bits per heavy atom. The third-order valence-corrected chi connectivity index (χ3v) is 4.15. The van der Waals surface area contributed by atoms with Crippen molar-refractivity contribution < 1.29 is 4.39 Å². The van der Waals surface area contributed by atoms with Crippen LogP contribution in [-0.2, 0) is 12.8 Å². The summed E-state index contributed by atoms with van der Waals surface area (Å²) in [6.45, 7) is 0. The maximum absolute atomic E-state index is 13.6. The highest BCUT2D eigenvalue weighted by atomic mass is 32.1. The van der Waals surface area contributed by atoms with Crippen LogP contribution < -0.4 is 11.3 Å². The number of hydrogen-bond acceptors (Lipinski definition) is 3. The Morgan fingerprint density at radius 3 is 2.74 bits per heavy atom. The summed E-state index contributed by atoms with van der Waals surface area (Å²) in [4.78, 5) is 1.39. The summed E-state index contributed by atoms with van der Waals surface area (Å²) in [5.74, 6) is 5.41. The number of nitrogens with one attached hydrogen (secondary N) is 1. The molecule has 2 rings (SSSR count). The number of hydrogen-bond donors (Lipinski definition) is 2. The molecule has 0 spiro atoms. The molecule has 1 aromatic heterocycles. The zero-order chi connectivity index (χ0) is 13.5. The minimum atomic E-state index is -0.152. The van der Waals surface area contributed by atoms with Crippen LogP contribution in [0.4, 0.5) is 4.39 Å². The summed E-state index contributed by atoms with van der Waals surface area (Å²) in [5.41, 5.74) is 3.52. The van der Waals surface area contributed by atoms with Gasteiger partial charge in [-0.1, -0.05) is 24.3 Å². The first-order chi connectivity index (χ1) is 9.29. The molecular weight excluding hydrogens is 259 g/mol. The average Bonchev–Trinajstić information content (AvgIpc) is 2.93. The Hall–Kier alpha value is -1.23. The molecule has 0 amide bonds. The van der Waals surface area contributed by atoms with Crippen LogP contribution in [0.3, 0.4) is 0 Å². The monoisotopic (exact) mass is 278 g/mol. The smallest absolute Gasteiger partial charge is 0.126 e. The van der Waals surface area contributed by atoms with E-state index in [4.69, 9.17) is 5.84 Å². The third kappa shape index (κ3) is 4.42. The van der Waals surface area contributed by atoms with Gasteiger partial charge in [0.1, 0.15) is 5.82 Å². The molecule has 1 aromatic carbocycles. The SMILES string of the molecule is NNC(CCCc1cccs1)Cc1ccccc1F. The first kappa shape index (κ1) is 14.2. The summed E-state index contributed by atoms with van der Waals surface area (Å²) < 4.78 is 13.6. The van der Waals surface area contributed by atoms with Crippen molar-refractivity contribution in [3.05, 3.63) is 58.0 Å². The summed E-state index contributed by atoms with van der Waals surface area (Å²) in [6, 6.07) is 11.2. The largest absolute Gasteiger partial charge is 0.271 e. The number of thiophene rings is 1. The molecule has 0 aliphatic carbocycles. The van der Waals surface area contributed by atoms with Crippen molar-refractivity contribution in [3.8, 4) is 0 Å². The van der Waals surface area contributed by atoms with Crippen molar-refractivity contribution in [3.63, 3.8) is 0 Å². The first-order valence-corrected chi connectivity index (χ1v) is 7.39. The Labute approximate surface area is 117 Å². The zero-order valence-corrected chi connectivity index (χ0v) is 11.6. The van der Waals surface area contributed by atoms with E-state index < -0.39 is 0 Å². The quantitative estimate of drug-likeness (QED) is 0.602. The van der Waals surface area contributed by atoms with Gasteiger partial charge < -0.3 is 0 Å². The number of rotatable bonds is 7. The van der Waals surface area contributed by atoms with E-state index in [1.165, 1.54) is 10.9 Å². The van der Waals surface area contributed by atoms with Crippen molar-refractivity contribution in [1.29, 1.82) is 0 Å². The normalized spacial score (nSPS) is 12.5. The van der Waals surface area contributed by atoms with E-state index in [1.54, 1.807) is 17.4 Å². The molecule has 1 unspecified atom stereocenters. The van der Waals surface area contributed by atoms with Gasteiger partial charge >= 0.3 is 0 Å². The zero-order valence-electron chi connectivity index (χ0n) is 10.8. The molecule has 0 fully saturated rings. The molecule has 0 saturated carbocycles. The number of nitrogens with two attached hydrogens (primary N) is 1. The predicted octanol–water partition coefficient (Wildman–Crippen LogP) is 3.28. The molecular formula is C15H19FN2S. The number of aryl methyl sites for hydroxylation is 1. The first-order valence-electron chi connectivity index (χ1n) is 6.51. The molecule has 2 aromatic rings. The molecule has 1 atom stereocenters. The standard InChI is InChI=1S/C15H19FN2S/c16-15-9-2-1-5-12(15)11-13(18-17)6-3-7-14-8-4-10-19-14/h1-2,4-5,8-10,13,18H,3,6-7,11,17H2. The fraction of sp³-hybridized carbons (Fsp3) is 0.333. The fourth-order valence-corrected chi connectivity index (χ4v) is 2.90. The maximum Gasteiger partial charge on any atom is 0.126 e. The van der Waals surface area contributed by atoms with Gasteiger partial charge in [-0.25, -0.2) is 4.39 Å². The lowest BCUT2D eigenvalue weighted by atomic mass is 10.0. The molecule has 0 aliphatic heterocycles. The summed E-state index contributed by atoms with van der Waals surface area (Å²) in [6.07, 6.45) is 3.70. The highest BCUT2D eigenvalue weighted by molar-refractivity contribution is 7.09. The molecule has 0 radical (unpaired) electrons. The molecule has 0 aliphatic rings. The van der Waals surface area contributed by atoms with Crippen molar-refractivity contribution in [2.24, 2.45) is 5.84 Å². The topological polar surface area (TPSA) is 38.0 Å². The molecule has 3 N–H and O–H groups in total. The average molecular weight is 278 g/mol. The van der Waals surface area contributed by atoms with Gasteiger partial charge in [0.15, 0.2) is 0 Å². The Morgan fingerprint density at radius 2 is 2.05 bits per heavy atom. The minimum absolute atomic E-state index is 0.122. The van der Waals surface area contributed by atoms with Crippen LogP contribution in [0.1, 0.15) is 23.3 Å². The van der Waals surface area contributed by atoms with Crippen molar-refractivity contribution in [2.75, 3.05) is 0 Å². The molecule has 0 bridgehead atoms. The maximum atomic E-state index is 13.6. The van der Waals surface area contributed by atoms with Crippen LogP contribution in [0, 0.1) is 5.82 Å². The lowest BCUT2D eigenvalue weighted by Crippen LogP contribution is -2.37. The number of halogens is 1. The molecule has 102 valence electrons. The van der Waals surface area contributed by atoms with E-state index in [-0.39, 0.29) is 11.9 Å². The van der Waals surface area contributed by atoms with Crippen LogP contribution >= 0.6 is 11.3 Å². The molecule has 4 heteroatoms. The van der Waals surface area contributed by atoms with E-state index in [0.717, 1.165) is 24.8 Å².